The van der Waals surface area contributed by atoms with Crippen LogP contribution in [0, 0.1) is 13.8 Å². The van der Waals surface area contributed by atoms with E-state index in [0.29, 0.717) is 11.6 Å². The van der Waals surface area contributed by atoms with E-state index in [1.165, 1.54) is 11.8 Å². The fraction of sp³-hybridized carbons (Fsp3) is 0.429. The van der Waals surface area contributed by atoms with Crippen LogP contribution in [0.5, 0.6) is 0 Å². The third-order valence-electron chi connectivity index (χ3n) is 3.22. The number of hydrogen-bond donors (Lipinski definition) is 1. The first kappa shape index (κ1) is 15.5. The van der Waals surface area contributed by atoms with Crippen molar-refractivity contribution in [2.75, 3.05) is 5.32 Å². The molecule has 1 N–H and O–H groups in total. The first-order chi connectivity index (χ1) is 10.0. The van der Waals surface area contributed by atoms with Gasteiger partial charge in [0.1, 0.15) is 0 Å². The Morgan fingerprint density at radius 1 is 1.38 bits per heavy atom. The Morgan fingerprint density at radius 3 is 2.57 bits per heavy atom. The van der Waals surface area contributed by atoms with E-state index in [9.17, 15) is 4.79 Å². The monoisotopic (exact) mass is 305 g/mol. The number of amides is 1. The molecule has 0 spiro atoms. The number of hydrogen-bond acceptors (Lipinski definition) is 5. The maximum Gasteiger partial charge on any atom is 0.237 e. The molecule has 0 radical (unpaired) electrons. The number of benzene rings is 1. The molecule has 1 unspecified atom stereocenters. The zero-order valence-corrected chi connectivity index (χ0v) is 13.4. The summed E-state index contributed by atoms with van der Waals surface area (Å²) in [5.74, 6) is -0.0251. The minimum absolute atomic E-state index is 0.0251. The van der Waals surface area contributed by atoms with Gasteiger partial charge in [-0.2, -0.15) is 0 Å². The number of nitrogens with one attached hydrogen (secondary N) is 1. The average molecular weight is 305 g/mol. The topological polar surface area (TPSA) is 72.7 Å². The summed E-state index contributed by atoms with van der Waals surface area (Å²) in [6.07, 6.45) is 0.703. The summed E-state index contributed by atoms with van der Waals surface area (Å²) in [6, 6.07) is 5.96. The Bertz CT molecular complexity index is 620. The molecule has 1 amide bonds. The van der Waals surface area contributed by atoms with Crippen molar-refractivity contribution >= 4 is 23.4 Å². The largest absolute Gasteiger partial charge is 0.325 e. The Hall–Kier alpha value is -1.89. The van der Waals surface area contributed by atoms with E-state index < -0.39 is 0 Å². The van der Waals surface area contributed by atoms with Crippen LogP contribution in [0.3, 0.4) is 0 Å². The summed E-state index contributed by atoms with van der Waals surface area (Å²) in [5, 5.41) is 14.7. The highest BCUT2D eigenvalue weighted by molar-refractivity contribution is 8.00. The van der Waals surface area contributed by atoms with Crippen LogP contribution in [0.4, 0.5) is 5.69 Å². The fourth-order valence-corrected chi connectivity index (χ4v) is 2.85. The van der Waals surface area contributed by atoms with E-state index >= 15 is 0 Å². The molecule has 6 nitrogen and oxygen atoms in total. The maximum atomic E-state index is 12.5. The van der Waals surface area contributed by atoms with Gasteiger partial charge in [-0.3, -0.25) is 4.79 Å². The van der Waals surface area contributed by atoms with Crippen molar-refractivity contribution in [1.29, 1.82) is 0 Å². The smallest absolute Gasteiger partial charge is 0.237 e. The number of aryl methyl sites for hydroxylation is 3. The lowest BCUT2D eigenvalue weighted by molar-refractivity contribution is -0.115. The van der Waals surface area contributed by atoms with E-state index in [1.807, 2.05) is 39.0 Å². The van der Waals surface area contributed by atoms with Crippen molar-refractivity contribution in [3.8, 4) is 0 Å². The van der Waals surface area contributed by atoms with Crippen LogP contribution in [-0.2, 0) is 11.8 Å². The summed E-state index contributed by atoms with van der Waals surface area (Å²) >= 11 is 1.38. The number of carbonyl (C=O) groups is 1. The minimum Gasteiger partial charge on any atom is -0.325 e. The van der Waals surface area contributed by atoms with Crippen LogP contribution in [0.15, 0.2) is 23.4 Å². The molecule has 0 saturated carbocycles. The number of tetrazole rings is 1. The number of para-hydroxylation sites is 1. The number of thioether (sulfide) groups is 1. The lowest BCUT2D eigenvalue weighted by atomic mass is 10.1. The van der Waals surface area contributed by atoms with Gasteiger partial charge in [0.25, 0.3) is 0 Å². The third-order valence-corrected chi connectivity index (χ3v) is 4.61. The molecule has 2 aromatic rings. The second-order valence-corrected chi connectivity index (χ2v) is 6.03. The third kappa shape index (κ3) is 3.60. The molecule has 21 heavy (non-hydrogen) atoms. The van der Waals surface area contributed by atoms with E-state index in [1.54, 1.807) is 11.7 Å². The van der Waals surface area contributed by atoms with E-state index in [2.05, 4.69) is 20.8 Å². The van der Waals surface area contributed by atoms with Crippen LogP contribution in [0.25, 0.3) is 0 Å². The number of aromatic nitrogens is 4. The molecular formula is C14H19N5OS. The van der Waals surface area contributed by atoms with Crippen molar-refractivity contribution < 1.29 is 4.79 Å². The van der Waals surface area contributed by atoms with E-state index in [4.69, 9.17) is 0 Å². The molecular weight excluding hydrogens is 286 g/mol. The molecule has 0 fully saturated rings. The molecule has 1 heterocycles. The SMILES string of the molecule is CCC(Sc1nnnn1C)C(=O)Nc1c(C)cccc1C. The Balaban J connectivity index is 2.12. The maximum absolute atomic E-state index is 12.5. The van der Waals surface area contributed by atoms with Gasteiger partial charge in [0.05, 0.1) is 5.25 Å². The first-order valence-corrected chi connectivity index (χ1v) is 7.67. The molecule has 1 atom stereocenters. The molecule has 112 valence electrons. The lowest BCUT2D eigenvalue weighted by Gasteiger charge is -2.16. The fourth-order valence-electron chi connectivity index (χ4n) is 1.99. The zero-order valence-electron chi connectivity index (χ0n) is 12.6. The van der Waals surface area contributed by atoms with Crippen LogP contribution >= 0.6 is 11.8 Å². The molecule has 1 aromatic heterocycles. The van der Waals surface area contributed by atoms with Crippen molar-refractivity contribution in [3.63, 3.8) is 0 Å². The van der Waals surface area contributed by atoms with Crippen molar-refractivity contribution in [3.05, 3.63) is 29.3 Å². The molecule has 0 aliphatic heterocycles. The summed E-state index contributed by atoms with van der Waals surface area (Å²) < 4.78 is 1.57. The Morgan fingerprint density at radius 2 is 2.05 bits per heavy atom. The van der Waals surface area contributed by atoms with Gasteiger partial charge in [-0.1, -0.05) is 36.9 Å². The first-order valence-electron chi connectivity index (χ1n) is 6.79. The van der Waals surface area contributed by atoms with Gasteiger partial charge >= 0.3 is 0 Å². The highest BCUT2D eigenvalue weighted by Gasteiger charge is 2.21. The molecule has 1 aromatic carbocycles. The summed E-state index contributed by atoms with van der Waals surface area (Å²) in [4.78, 5) is 12.5. The summed E-state index contributed by atoms with van der Waals surface area (Å²) in [7, 11) is 1.76. The number of nitrogens with zero attached hydrogens (tertiary/aromatic N) is 4. The van der Waals surface area contributed by atoms with Crippen LogP contribution in [0.2, 0.25) is 0 Å². The van der Waals surface area contributed by atoms with Gasteiger partial charge in [-0.15, -0.1) is 5.10 Å². The second kappa shape index (κ2) is 6.71. The summed E-state index contributed by atoms with van der Waals surface area (Å²) in [5.41, 5.74) is 3.00. The molecule has 0 aliphatic rings. The van der Waals surface area contributed by atoms with Gasteiger partial charge in [0.15, 0.2) is 0 Å². The predicted molar refractivity (Wildman–Crippen MR) is 83.3 cm³/mol. The van der Waals surface area contributed by atoms with Crippen molar-refractivity contribution in [2.45, 2.75) is 37.6 Å². The second-order valence-electron chi connectivity index (χ2n) is 4.86. The number of rotatable bonds is 5. The van der Waals surface area contributed by atoms with E-state index in [0.717, 1.165) is 16.8 Å². The molecule has 7 heteroatoms. The number of anilines is 1. The normalized spacial score (nSPS) is 12.2. The van der Waals surface area contributed by atoms with Gasteiger partial charge in [-0.25, -0.2) is 4.68 Å². The van der Waals surface area contributed by atoms with Crippen LogP contribution in [-0.4, -0.2) is 31.4 Å². The quantitative estimate of drug-likeness (QED) is 0.858. The number of carbonyl (C=O) groups excluding carboxylic acids is 1. The van der Waals surface area contributed by atoms with Crippen LogP contribution in [0.1, 0.15) is 24.5 Å². The highest BCUT2D eigenvalue weighted by atomic mass is 32.2. The average Bonchev–Trinajstić information content (AvgIpc) is 2.85. The standard InChI is InChI=1S/C14H19N5OS/c1-5-11(21-14-16-17-18-19(14)4)13(20)15-12-9(2)7-6-8-10(12)3/h6-8,11H,5H2,1-4H3,(H,15,20). The minimum atomic E-state index is -0.228. The Labute approximate surface area is 128 Å². The van der Waals surface area contributed by atoms with Gasteiger partial charge in [-0.05, 0) is 41.8 Å². The van der Waals surface area contributed by atoms with Crippen molar-refractivity contribution in [2.24, 2.45) is 7.05 Å². The highest BCUT2D eigenvalue weighted by Crippen LogP contribution is 2.25. The van der Waals surface area contributed by atoms with Crippen molar-refractivity contribution in [1.82, 2.24) is 20.2 Å². The Kier molecular flexibility index (Phi) is 4.95. The molecule has 0 aliphatic carbocycles. The van der Waals surface area contributed by atoms with Crippen LogP contribution < -0.4 is 5.32 Å². The summed E-state index contributed by atoms with van der Waals surface area (Å²) in [6.45, 7) is 5.96. The molecule has 0 saturated heterocycles. The van der Waals surface area contributed by atoms with E-state index in [-0.39, 0.29) is 11.2 Å². The van der Waals surface area contributed by atoms with Gasteiger partial charge in [0.2, 0.25) is 11.1 Å². The predicted octanol–water partition coefficient (Wildman–Crippen LogP) is 2.34. The lowest BCUT2D eigenvalue weighted by Crippen LogP contribution is -2.25. The van der Waals surface area contributed by atoms with Gasteiger partial charge < -0.3 is 5.32 Å². The van der Waals surface area contributed by atoms with Gasteiger partial charge in [0, 0.05) is 12.7 Å². The molecule has 0 bridgehead atoms. The zero-order chi connectivity index (χ0) is 15.4. The molecule has 2 rings (SSSR count).